The van der Waals surface area contributed by atoms with E-state index in [9.17, 15) is 5.11 Å². The lowest BCUT2D eigenvalue weighted by Crippen LogP contribution is -2.00. The second kappa shape index (κ2) is 5.39. The highest BCUT2D eigenvalue weighted by molar-refractivity contribution is 6.30. The van der Waals surface area contributed by atoms with Crippen molar-refractivity contribution in [1.82, 2.24) is 0 Å². The van der Waals surface area contributed by atoms with E-state index in [0.29, 0.717) is 17.2 Å². The van der Waals surface area contributed by atoms with Crippen molar-refractivity contribution in [2.24, 2.45) is 0 Å². The molecule has 1 aromatic carbocycles. The molecule has 2 rings (SSSR count). The summed E-state index contributed by atoms with van der Waals surface area (Å²) in [4.78, 5) is 0. The van der Waals surface area contributed by atoms with Crippen LogP contribution in [0, 0.1) is 0 Å². The molecular formula is C14H15ClO2. The quantitative estimate of drug-likeness (QED) is 0.896. The standard InChI is InChI=1S/C14H15ClO2/c1-2-12-7-8-14(17-12)13(16)9-10-3-5-11(15)6-4-10/h3-8,13,16H,2,9H2,1H3. The van der Waals surface area contributed by atoms with Gasteiger partial charge in [0.2, 0.25) is 0 Å². The first kappa shape index (κ1) is 12.2. The van der Waals surface area contributed by atoms with Gasteiger partial charge >= 0.3 is 0 Å². The Kier molecular flexibility index (Phi) is 3.87. The predicted octanol–water partition coefficient (Wildman–Crippen LogP) is 3.77. The van der Waals surface area contributed by atoms with Crippen molar-refractivity contribution < 1.29 is 9.52 Å². The van der Waals surface area contributed by atoms with Gasteiger partial charge in [-0.1, -0.05) is 30.7 Å². The van der Waals surface area contributed by atoms with Crippen LogP contribution in [0.3, 0.4) is 0 Å². The van der Waals surface area contributed by atoms with Crippen LogP contribution in [0.15, 0.2) is 40.8 Å². The highest BCUT2D eigenvalue weighted by atomic mass is 35.5. The highest BCUT2D eigenvalue weighted by Gasteiger charge is 2.12. The van der Waals surface area contributed by atoms with Gasteiger partial charge in [0, 0.05) is 17.9 Å². The molecule has 1 heterocycles. The van der Waals surface area contributed by atoms with Crippen LogP contribution in [-0.4, -0.2) is 5.11 Å². The number of benzene rings is 1. The first-order valence-corrected chi connectivity index (χ1v) is 6.08. The van der Waals surface area contributed by atoms with Gasteiger partial charge in [-0.15, -0.1) is 0 Å². The number of aliphatic hydroxyl groups is 1. The number of hydrogen-bond acceptors (Lipinski definition) is 2. The lowest BCUT2D eigenvalue weighted by Gasteiger charge is -2.07. The van der Waals surface area contributed by atoms with E-state index in [0.717, 1.165) is 17.7 Å². The third kappa shape index (κ3) is 3.11. The maximum atomic E-state index is 10.0. The second-order valence-corrected chi connectivity index (χ2v) is 4.44. The number of rotatable bonds is 4. The second-order valence-electron chi connectivity index (χ2n) is 4.00. The maximum absolute atomic E-state index is 10.0. The number of hydrogen-bond donors (Lipinski definition) is 1. The fraction of sp³-hybridized carbons (Fsp3) is 0.286. The molecule has 0 aliphatic carbocycles. The predicted molar refractivity (Wildman–Crippen MR) is 68.2 cm³/mol. The van der Waals surface area contributed by atoms with Crippen molar-refractivity contribution >= 4 is 11.6 Å². The molecule has 1 atom stereocenters. The van der Waals surface area contributed by atoms with Crippen molar-refractivity contribution in [2.45, 2.75) is 25.9 Å². The van der Waals surface area contributed by atoms with Crippen molar-refractivity contribution in [3.05, 3.63) is 58.5 Å². The largest absolute Gasteiger partial charge is 0.463 e. The van der Waals surface area contributed by atoms with E-state index in [1.807, 2.05) is 43.3 Å². The van der Waals surface area contributed by atoms with E-state index in [1.165, 1.54) is 0 Å². The summed E-state index contributed by atoms with van der Waals surface area (Å²) < 4.78 is 5.51. The van der Waals surface area contributed by atoms with Gasteiger partial charge in [0.1, 0.15) is 17.6 Å². The summed E-state index contributed by atoms with van der Waals surface area (Å²) in [7, 11) is 0. The monoisotopic (exact) mass is 250 g/mol. The molecule has 1 aromatic heterocycles. The van der Waals surface area contributed by atoms with Crippen molar-refractivity contribution in [3.63, 3.8) is 0 Å². The molecule has 2 aromatic rings. The Bertz CT molecular complexity index is 473. The summed E-state index contributed by atoms with van der Waals surface area (Å²) in [6.45, 7) is 2.02. The normalized spacial score (nSPS) is 12.6. The molecule has 0 saturated heterocycles. The fourth-order valence-corrected chi connectivity index (χ4v) is 1.83. The Morgan fingerprint density at radius 1 is 1.18 bits per heavy atom. The molecule has 0 bridgehead atoms. The lowest BCUT2D eigenvalue weighted by molar-refractivity contribution is 0.148. The zero-order chi connectivity index (χ0) is 12.3. The number of furan rings is 1. The molecule has 0 fully saturated rings. The lowest BCUT2D eigenvalue weighted by atomic mass is 10.1. The minimum Gasteiger partial charge on any atom is -0.463 e. The van der Waals surface area contributed by atoms with Crippen LogP contribution in [0.4, 0.5) is 0 Å². The summed E-state index contributed by atoms with van der Waals surface area (Å²) in [5.74, 6) is 1.52. The van der Waals surface area contributed by atoms with E-state index >= 15 is 0 Å². The van der Waals surface area contributed by atoms with Crippen LogP contribution in [0.2, 0.25) is 5.02 Å². The molecule has 0 aliphatic heterocycles. The highest BCUT2D eigenvalue weighted by Crippen LogP contribution is 2.21. The first-order chi connectivity index (χ1) is 8.19. The zero-order valence-electron chi connectivity index (χ0n) is 9.69. The summed E-state index contributed by atoms with van der Waals surface area (Å²) >= 11 is 5.81. The molecule has 0 radical (unpaired) electrons. The molecule has 3 heteroatoms. The Labute approximate surface area is 106 Å². The fourth-order valence-electron chi connectivity index (χ4n) is 1.71. The van der Waals surface area contributed by atoms with Crippen molar-refractivity contribution in [2.75, 3.05) is 0 Å². The summed E-state index contributed by atoms with van der Waals surface area (Å²) in [5, 5.41) is 10.7. The zero-order valence-corrected chi connectivity index (χ0v) is 10.4. The Hall–Kier alpha value is -1.25. The van der Waals surface area contributed by atoms with Crippen LogP contribution in [0.25, 0.3) is 0 Å². The molecule has 2 nitrogen and oxygen atoms in total. The first-order valence-electron chi connectivity index (χ1n) is 5.70. The van der Waals surface area contributed by atoms with Gasteiger partial charge in [-0.05, 0) is 29.8 Å². The molecule has 1 N–H and O–H groups in total. The summed E-state index contributed by atoms with van der Waals surface area (Å²) in [6, 6.07) is 11.2. The van der Waals surface area contributed by atoms with Gasteiger partial charge in [0.05, 0.1) is 0 Å². The summed E-state index contributed by atoms with van der Waals surface area (Å²) in [5.41, 5.74) is 1.04. The van der Waals surface area contributed by atoms with E-state index in [1.54, 1.807) is 0 Å². The number of aliphatic hydroxyl groups excluding tert-OH is 1. The van der Waals surface area contributed by atoms with Gasteiger partial charge in [-0.3, -0.25) is 0 Å². The van der Waals surface area contributed by atoms with E-state index < -0.39 is 6.10 Å². The molecule has 90 valence electrons. The van der Waals surface area contributed by atoms with Gasteiger partial charge in [0.15, 0.2) is 0 Å². The Morgan fingerprint density at radius 3 is 2.47 bits per heavy atom. The van der Waals surface area contributed by atoms with Gasteiger partial charge in [-0.2, -0.15) is 0 Å². The average Bonchev–Trinajstić information content (AvgIpc) is 2.81. The smallest absolute Gasteiger partial charge is 0.133 e. The van der Waals surface area contributed by atoms with Crippen LogP contribution < -0.4 is 0 Å². The maximum Gasteiger partial charge on any atom is 0.133 e. The summed E-state index contributed by atoms with van der Waals surface area (Å²) in [6.07, 6.45) is 0.776. The molecular weight excluding hydrogens is 236 g/mol. The minimum absolute atomic E-state index is 0.536. The van der Waals surface area contributed by atoms with E-state index in [4.69, 9.17) is 16.0 Å². The van der Waals surface area contributed by atoms with Crippen LogP contribution in [0.5, 0.6) is 0 Å². The van der Waals surface area contributed by atoms with Crippen LogP contribution >= 0.6 is 11.6 Å². The Balaban J connectivity index is 2.05. The molecule has 0 saturated carbocycles. The molecule has 0 aliphatic rings. The average molecular weight is 251 g/mol. The van der Waals surface area contributed by atoms with Crippen LogP contribution in [0.1, 0.15) is 30.1 Å². The van der Waals surface area contributed by atoms with Gasteiger partial charge in [-0.25, -0.2) is 0 Å². The van der Waals surface area contributed by atoms with Crippen molar-refractivity contribution in [3.8, 4) is 0 Å². The third-order valence-corrected chi connectivity index (χ3v) is 2.95. The molecule has 1 unspecified atom stereocenters. The third-order valence-electron chi connectivity index (χ3n) is 2.70. The number of aryl methyl sites for hydroxylation is 1. The Morgan fingerprint density at radius 2 is 1.88 bits per heavy atom. The molecule has 17 heavy (non-hydrogen) atoms. The van der Waals surface area contributed by atoms with Gasteiger partial charge in [0.25, 0.3) is 0 Å². The number of halogens is 1. The van der Waals surface area contributed by atoms with E-state index in [-0.39, 0.29) is 0 Å². The topological polar surface area (TPSA) is 33.4 Å². The molecule has 0 amide bonds. The van der Waals surface area contributed by atoms with Gasteiger partial charge < -0.3 is 9.52 Å². The van der Waals surface area contributed by atoms with E-state index in [2.05, 4.69) is 0 Å². The van der Waals surface area contributed by atoms with Crippen LogP contribution in [-0.2, 0) is 12.8 Å². The molecule has 0 spiro atoms. The SMILES string of the molecule is CCc1ccc(C(O)Cc2ccc(Cl)cc2)o1. The van der Waals surface area contributed by atoms with Crippen molar-refractivity contribution in [1.29, 1.82) is 0 Å². The minimum atomic E-state index is -0.600.